The molecule has 4 rings (SSSR count). The number of hydrogen-bond donors (Lipinski definition) is 1. The van der Waals surface area contributed by atoms with Crippen molar-refractivity contribution in [3.8, 4) is 0 Å². The number of aliphatic hydroxyl groups is 1. The maximum Gasteiger partial charge on any atom is 0.411 e. The quantitative estimate of drug-likeness (QED) is 0.341. The van der Waals surface area contributed by atoms with E-state index in [2.05, 4.69) is 18.9 Å². The van der Waals surface area contributed by atoms with Gasteiger partial charge in [-0.1, -0.05) is 17.7 Å². The number of hydrogen-bond acceptors (Lipinski definition) is 5. The minimum atomic E-state index is -4.81. The number of ether oxygens (including phenoxy) is 2. The molecule has 0 radical (unpaired) electrons. The number of piperidine rings is 1. The van der Waals surface area contributed by atoms with Gasteiger partial charge in [-0.3, -0.25) is 9.69 Å². The molecule has 1 saturated heterocycles. The smallest absolute Gasteiger partial charge is 0.387 e. The van der Waals surface area contributed by atoms with Crippen LogP contribution in [0.1, 0.15) is 59.5 Å². The van der Waals surface area contributed by atoms with Gasteiger partial charge in [0.2, 0.25) is 0 Å². The first-order valence-corrected chi connectivity index (χ1v) is 13.0. The largest absolute Gasteiger partial charge is 0.411 e. The SMILES string of the molecule is CC(O)c1ccc2n1CCN(C)C21CCN(C(=O)c2ccc(C(OCC(F)(F)F)OCC(F)(F)F)c(Cl)c2)CC1. The van der Waals surface area contributed by atoms with Crippen LogP contribution in [0.2, 0.25) is 5.02 Å². The number of aromatic nitrogens is 1. The maximum absolute atomic E-state index is 13.3. The van der Waals surface area contributed by atoms with Crippen LogP contribution in [0.4, 0.5) is 26.3 Å². The normalized spacial score (nSPS) is 18.8. The number of likely N-dealkylation sites (N-methyl/N-ethyl adjacent to an activating group) is 1. The van der Waals surface area contributed by atoms with Gasteiger partial charge in [0.25, 0.3) is 5.91 Å². The topological polar surface area (TPSA) is 67.2 Å². The van der Waals surface area contributed by atoms with Gasteiger partial charge in [-0.05, 0) is 51.1 Å². The van der Waals surface area contributed by atoms with Crippen molar-refractivity contribution in [2.24, 2.45) is 0 Å². The molecule has 14 heteroatoms. The molecular weight excluding hydrogens is 568 g/mol. The number of carbonyl (C=O) groups excluding carboxylic acids is 1. The van der Waals surface area contributed by atoms with Crippen LogP contribution in [0.5, 0.6) is 0 Å². The van der Waals surface area contributed by atoms with E-state index in [4.69, 9.17) is 11.6 Å². The van der Waals surface area contributed by atoms with E-state index in [1.807, 2.05) is 19.2 Å². The summed E-state index contributed by atoms with van der Waals surface area (Å²) >= 11 is 6.20. The molecule has 1 atom stereocenters. The van der Waals surface area contributed by atoms with E-state index in [0.717, 1.165) is 30.5 Å². The molecule has 0 bridgehead atoms. The lowest BCUT2D eigenvalue weighted by molar-refractivity contribution is -0.262. The predicted octanol–water partition coefficient (Wildman–Crippen LogP) is 5.43. The molecule has 2 aliphatic rings. The highest BCUT2D eigenvalue weighted by atomic mass is 35.5. The Morgan fingerprint density at radius 2 is 1.60 bits per heavy atom. The van der Waals surface area contributed by atoms with Crippen LogP contribution in [0.15, 0.2) is 30.3 Å². The van der Waals surface area contributed by atoms with Gasteiger partial charge in [-0.15, -0.1) is 0 Å². The van der Waals surface area contributed by atoms with Crippen molar-refractivity contribution < 1.29 is 45.7 Å². The van der Waals surface area contributed by atoms with Gasteiger partial charge in [-0.25, -0.2) is 0 Å². The van der Waals surface area contributed by atoms with E-state index in [0.29, 0.717) is 25.9 Å². The lowest BCUT2D eigenvalue weighted by Gasteiger charge is -2.50. The summed E-state index contributed by atoms with van der Waals surface area (Å²) in [5, 5.41) is 9.90. The Bertz CT molecular complexity index is 1190. The summed E-state index contributed by atoms with van der Waals surface area (Å²) < 4.78 is 87.2. The van der Waals surface area contributed by atoms with Crippen molar-refractivity contribution in [3.05, 3.63) is 57.9 Å². The molecule has 2 aliphatic heterocycles. The fourth-order valence-corrected chi connectivity index (χ4v) is 5.75. The Labute approximate surface area is 232 Å². The summed E-state index contributed by atoms with van der Waals surface area (Å²) in [5.41, 5.74) is 1.48. The summed E-state index contributed by atoms with van der Waals surface area (Å²) in [6.45, 7) is 0.359. The summed E-state index contributed by atoms with van der Waals surface area (Å²) in [6.07, 6.45) is -11.0. The fraction of sp³-hybridized carbons (Fsp3) is 0.577. The molecule has 1 spiro atoms. The second-order valence-electron chi connectivity index (χ2n) is 10.1. The number of nitrogens with zero attached hydrogens (tertiary/aromatic N) is 3. The van der Waals surface area contributed by atoms with Gasteiger partial charge in [0, 0.05) is 53.7 Å². The molecule has 2 aromatic rings. The van der Waals surface area contributed by atoms with E-state index in [-0.39, 0.29) is 27.6 Å². The summed E-state index contributed by atoms with van der Waals surface area (Å²) in [5.74, 6) is -0.370. The molecule has 3 heterocycles. The number of rotatable bonds is 7. The van der Waals surface area contributed by atoms with Gasteiger partial charge in [0.05, 0.1) is 11.6 Å². The van der Waals surface area contributed by atoms with Gasteiger partial charge >= 0.3 is 12.4 Å². The molecule has 1 aromatic heterocycles. The first-order chi connectivity index (χ1) is 18.6. The van der Waals surface area contributed by atoms with Crippen LogP contribution in [0, 0.1) is 0 Å². The van der Waals surface area contributed by atoms with Crippen molar-refractivity contribution in [3.63, 3.8) is 0 Å². The highest BCUT2D eigenvalue weighted by Crippen LogP contribution is 2.42. The van der Waals surface area contributed by atoms with Crippen LogP contribution in [-0.4, -0.2) is 77.6 Å². The molecule has 1 N–H and O–H groups in total. The van der Waals surface area contributed by atoms with E-state index < -0.39 is 38.0 Å². The zero-order valence-corrected chi connectivity index (χ0v) is 22.6. The molecule has 1 fully saturated rings. The average molecular weight is 598 g/mol. The molecule has 0 saturated carbocycles. The second-order valence-corrected chi connectivity index (χ2v) is 10.5. The molecule has 1 amide bonds. The second kappa shape index (κ2) is 11.5. The van der Waals surface area contributed by atoms with Crippen LogP contribution >= 0.6 is 11.6 Å². The average Bonchev–Trinajstić information content (AvgIpc) is 3.31. The number of likely N-dealkylation sites (tertiary alicyclic amines) is 1. The summed E-state index contributed by atoms with van der Waals surface area (Å²) in [7, 11) is 2.03. The van der Waals surface area contributed by atoms with Crippen LogP contribution in [-0.2, 0) is 21.6 Å². The van der Waals surface area contributed by atoms with Crippen LogP contribution in [0.25, 0.3) is 0 Å². The monoisotopic (exact) mass is 597 g/mol. The maximum atomic E-state index is 13.3. The van der Waals surface area contributed by atoms with E-state index in [1.54, 1.807) is 11.8 Å². The molecular formula is C26H30ClF6N3O4. The van der Waals surface area contributed by atoms with Gasteiger partial charge in [0.1, 0.15) is 13.2 Å². The van der Waals surface area contributed by atoms with Crippen molar-refractivity contribution >= 4 is 17.5 Å². The third kappa shape index (κ3) is 6.59. The first-order valence-electron chi connectivity index (χ1n) is 12.7. The number of alkyl halides is 6. The lowest BCUT2D eigenvalue weighted by atomic mass is 9.81. The Kier molecular flexibility index (Phi) is 8.82. The van der Waals surface area contributed by atoms with Crippen molar-refractivity contribution in [1.82, 2.24) is 14.4 Å². The van der Waals surface area contributed by atoms with E-state index in [9.17, 15) is 36.2 Å². The zero-order chi connectivity index (χ0) is 29.5. The number of halogens is 7. The first kappa shape index (κ1) is 30.6. The van der Waals surface area contributed by atoms with Crippen molar-refractivity contribution in [2.75, 3.05) is 39.9 Å². The highest BCUT2D eigenvalue weighted by Gasteiger charge is 2.45. The van der Waals surface area contributed by atoms with E-state index >= 15 is 0 Å². The highest BCUT2D eigenvalue weighted by molar-refractivity contribution is 6.31. The molecule has 7 nitrogen and oxygen atoms in total. The van der Waals surface area contributed by atoms with Gasteiger partial charge in [0.15, 0.2) is 6.29 Å². The molecule has 0 aliphatic carbocycles. The minimum absolute atomic E-state index is 0.131. The van der Waals surface area contributed by atoms with Gasteiger partial charge < -0.3 is 24.0 Å². The number of fused-ring (bicyclic) bond motifs is 2. The van der Waals surface area contributed by atoms with Crippen molar-refractivity contribution in [2.45, 2.75) is 56.6 Å². The number of amides is 1. The zero-order valence-electron chi connectivity index (χ0n) is 21.9. The van der Waals surface area contributed by atoms with Crippen LogP contribution < -0.4 is 0 Å². The Morgan fingerprint density at radius 3 is 2.12 bits per heavy atom. The molecule has 40 heavy (non-hydrogen) atoms. The Hall–Kier alpha value is -2.32. The van der Waals surface area contributed by atoms with Crippen LogP contribution in [0.3, 0.4) is 0 Å². The third-order valence-corrected chi connectivity index (χ3v) is 7.81. The van der Waals surface area contributed by atoms with Crippen molar-refractivity contribution in [1.29, 1.82) is 0 Å². The minimum Gasteiger partial charge on any atom is -0.387 e. The lowest BCUT2D eigenvalue weighted by Crippen LogP contribution is -2.56. The standard InChI is InChI=1S/C26H30ClF6N3O4/c1-16(37)20-5-6-21-24(34(2)11-12-36(20)21)7-9-35(10-8-24)22(38)17-3-4-18(19(27)13-17)23(39-14-25(28,29)30)40-15-26(31,32)33/h3-6,13,16,23,37H,7-12,14-15H2,1-2H3. The molecule has 1 aromatic carbocycles. The third-order valence-electron chi connectivity index (χ3n) is 7.48. The number of aliphatic hydroxyl groups excluding tert-OH is 1. The summed E-state index contributed by atoms with van der Waals surface area (Å²) in [4.78, 5) is 17.2. The number of benzene rings is 1. The Balaban J connectivity index is 1.48. The fourth-order valence-electron chi connectivity index (χ4n) is 5.48. The van der Waals surface area contributed by atoms with E-state index in [1.165, 1.54) is 12.1 Å². The molecule has 222 valence electrons. The molecule has 1 unspecified atom stereocenters. The van der Waals surface area contributed by atoms with Gasteiger partial charge in [-0.2, -0.15) is 26.3 Å². The predicted molar refractivity (Wildman–Crippen MR) is 133 cm³/mol. The summed E-state index contributed by atoms with van der Waals surface area (Å²) in [6, 6.07) is 7.55. The number of carbonyl (C=O) groups is 1. The Morgan fingerprint density at radius 1 is 1.00 bits per heavy atom.